The standard InChI is InChI=1S/C17H18F3NO/c1-21-12-11-16(13-5-3-2-4-6-13)22-15-9-7-14(8-10-15)17(18,19)20/h2-10,16,21H,11-12H2,1H3/p+1/t16-/m0/s1. The zero-order chi connectivity index (χ0) is 16.0. The van der Waals surface area contributed by atoms with Crippen molar-refractivity contribution in [1.29, 1.82) is 0 Å². The van der Waals surface area contributed by atoms with Crippen LogP contribution >= 0.6 is 0 Å². The Morgan fingerprint density at radius 1 is 1.00 bits per heavy atom. The third-order valence-electron chi connectivity index (χ3n) is 3.35. The van der Waals surface area contributed by atoms with Crippen LogP contribution in [0.4, 0.5) is 13.2 Å². The van der Waals surface area contributed by atoms with E-state index in [-0.39, 0.29) is 6.10 Å². The quantitative estimate of drug-likeness (QED) is 0.869. The van der Waals surface area contributed by atoms with Gasteiger partial charge >= 0.3 is 6.18 Å². The fourth-order valence-electron chi connectivity index (χ4n) is 2.17. The van der Waals surface area contributed by atoms with Crippen molar-refractivity contribution in [2.45, 2.75) is 18.7 Å². The lowest BCUT2D eigenvalue weighted by Gasteiger charge is -2.19. The number of alkyl halides is 3. The molecular weight excluding hydrogens is 291 g/mol. The minimum Gasteiger partial charge on any atom is -0.486 e. The predicted octanol–water partition coefficient (Wildman–Crippen LogP) is 3.41. The Morgan fingerprint density at radius 2 is 1.64 bits per heavy atom. The van der Waals surface area contributed by atoms with Gasteiger partial charge in [-0.05, 0) is 29.8 Å². The van der Waals surface area contributed by atoms with Gasteiger partial charge in [0.1, 0.15) is 11.9 Å². The number of hydrogen-bond donors (Lipinski definition) is 1. The Morgan fingerprint density at radius 3 is 2.18 bits per heavy atom. The van der Waals surface area contributed by atoms with Gasteiger partial charge in [-0.15, -0.1) is 0 Å². The molecule has 0 unspecified atom stereocenters. The number of nitrogens with two attached hydrogens (primary N) is 1. The second kappa shape index (κ2) is 7.31. The molecule has 22 heavy (non-hydrogen) atoms. The molecule has 0 spiro atoms. The van der Waals surface area contributed by atoms with Crippen molar-refractivity contribution in [3.8, 4) is 5.75 Å². The van der Waals surface area contributed by atoms with Crippen molar-refractivity contribution in [3.05, 3.63) is 65.7 Å². The molecule has 0 aliphatic rings. The molecule has 0 saturated heterocycles. The van der Waals surface area contributed by atoms with E-state index >= 15 is 0 Å². The zero-order valence-corrected chi connectivity index (χ0v) is 12.3. The Kier molecular flexibility index (Phi) is 5.44. The normalized spacial score (nSPS) is 12.9. The molecule has 0 fully saturated rings. The van der Waals surface area contributed by atoms with Crippen LogP contribution in [0.25, 0.3) is 0 Å². The largest absolute Gasteiger partial charge is 0.486 e. The van der Waals surface area contributed by atoms with E-state index in [1.807, 2.05) is 42.7 Å². The predicted molar refractivity (Wildman–Crippen MR) is 78.6 cm³/mol. The number of rotatable bonds is 6. The van der Waals surface area contributed by atoms with Crippen LogP contribution < -0.4 is 10.1 Å². The maximum Gasteiger partial charge on any atom is 0.416 e. The molecule has 0 aromatic heterocycles. The molecule has 2 aromatic carbocycles. The molecule has 2 nitrogen and oxygen atoms in total. The van der Waals surface area contributed by atoms with Gasteiger partial charge in [0.15, 0.2) is 0 Å². The van der Waals surface area contributed by atoms with E-state index in [1.54, 1.807) is 0 Å². The van der Waals surface area contributed by atoms with E-state index in [4.69, 9.17) is 4.74 Å². The van der Waals surface area contributed by atoms with Gasteiger partial charge in [-0.25, -0.2) is 0 Å². The summed E-state index contributed by atoms with van der Waals surface area (Å²) in [7, 11) is 1.97. The highest BCUT2D eigenvalue weighted by Crippen LogP contribution is 2.31. The lowest BCUT2D eigenvalue weighted by Crippen LogP contribution is -2.79. The fraction of sp³-hybridized carbons (Fsp3) is 0.294. The lowest BCUT2D eigenvalue weighted by atomic mass is 10.1. The summed E-state index contributed by atoms with van der Waals surface area (Å²) in [6.07, 6.45) is -3.72. The van der Waals surface area contributed by atoms with Gasteiger partial charge in [0.2, 0.25) is 0 Å². The summed E-state index contributed by atoms with van der Waals surface area (Å²) >= 11 is 0. The summed E-state index contributed by atoms with van der Waals surface area (Å²) in [5, 5.41) is 2.05. The molecule has 118 valence electrons. The summed E-state index contributed by atoms with van der Waals surface area (Å²) in [5.41, 5.74) is 0.349. The van der Waals surface area contributed by atoms with Crippen LogP contribution in [-0.4, -0.2) is 13.6 Å². The Bertz CT molecular complexity index is 567. The maximum absolute atomic E-state index is 12.6. The maximum atomic E-state index is 12.6. The van der Waals surface area contributed by atoms with E-state index < -0.39 is 11.7 Å². The summed E-state index contributed by atoms with van der Waals surface area (Å²) < 4.78 is 43.6. The Hall–Kier alpha value is -2.01. The smallest absolute Gasteiger partial charge is 0.416 e. The molecule has 5 heteroatoms. The van der Waals surface area contributed by atoms with Gasteiger partial charge in [-0.3, -0.25) is 0 Å². The number of hydrogen-bond acceptors (Lipinski definition) is 1. The minimum absolute atomic E-state index is 0.172. The molecule has 2 rings (SSSR count). The lowest BCUT2D eigenvalue weighted by molar-refractivity contribution is -0.628. The van der Waals surface area contributed by atoms with Crippen molar-refractivity contribution in [1.82, 2.24) is 0 Å². The summed E-state index contributed by atoms with van der Waals surface area (Å²) in [4.78, 5) is 0. The molecule has 0 amide bonds. The van der Waals surface area contributed by atoms with Gasteiger partial charge in [0, 0.05) is 6.42 Å². The third kappa shape index (κ3) is 4.49. The first-order valence-electron chi connectivity index (χ1n) is 7.17. The van der Waals surface area contributed by atoms with Crippen LogP contribution in [-0.2, 0) is 6.18 Å². The van der Waals surface area contributed by atoms with Crippen LogP contribution in [0.2, 0.25) is 0 Å². The fourth-order valence-corrected chi connectivity index (χ4v) is 2.17. The number of quaternary nitrogens is 1. The first-order chi connectivity index (χ1) is 10.5. The van der Waals surface area contributed by atoms with Crippen LogP contribution in [0, 0.1) is 0 Å². The van der Waals surface area contributed by atoms with Gasteiger partial charge in [-0.1, -0.05) is 30.3 Å². The van der Waals surface area contributed by atoms with Crippen LogP contribution in [0.15, 0.2) is 54.6 Å². The van der Waals surface area contributed by atoms with Crippen LogP contribution in [0.5, 0.6) is 5.75 Å². The monoisotopic (exact) mass is 310 g/mol. The zero-order valence-electron chi connectivity index (χ0n) is 12.3. The summed E-state index contributed by atoms with van der Waals surface area (Å²) in [6.45, 7) is 0.875. The van der Waals surface area contributed by atoms with Gasteiger partial charge < -0.3 is 10.1 Å². The van der Waals surface area contributed by atoms with Crippen molar-refractivity contribution in [2.24, 2.45) is 0 Å². The molecule has 2 aromatic rings. The Labute approximate surface area is 127 Å². The first-order valence-corrected chi connectivity index (χ1v) is 7.17. The van der Waals surface area contributed by atoms with E-state index in [0.717, 1.165) is 30.7 Å². The second-order valence-corrected chi connectivity index (χ2v) is 5.02. The van der Waals surface area contributed by atoms with Gasteiger partial charge in [-0.2, -0.15) is 13.2 Å². The minimum atomic E-state index is -4.32. The Balaban J connectivity index is 2.13. The first kappa shape index (κ1) is 16.4. The summed E-state index contributed by atoms with van der Waals surface area (Å²) in [6, 6.07) is 14.5. The molecule has 2 N–H and O–H groups in total. The molecule has 0 heterocycles. The molecule has 0 aliphatic heterocycles. The highest BCUT2D eigenvalue weighted by atomic mass is 19.4. The van der Waals surface area contributed by atoms with E-state index in [0.29, 0.717) is 5.75 Å². The number of benzene rings is 2. The average molecular weight is 310 g/mol. The topological polar surface area (TPSA) is 25.8 Å². The van der Waals surface area contributed by atoms with Crippen molar-refractivity contribution >= 4 is 0 Å². The van der Waals surface area contributed by atoms with E-state index in [2.05, 4.69) is 0 Å². The van der Waals surface area contributed by atoms with Gasteiger partial charge in [0.05, 0.1) is 19.2 Å². The van der Waals surface area contributed by atoms with E-state index in [9.17, 15) is 13.2 Å². The number of ether oxygens (including phenoxy) is 1. The average Bonchev–Trinajstić information content (AvgIpc) is 2.52. The van der Waals surface area contributed by atoms with Gasteiger partial charge in [0.25, 0.3) is 0 Å². The highest BCUT2D eigenvalue weighted by molar-refractivity contribution is 5.30. The molecule has 0 aliphatic carbocycles. The molecule has 0 bridgehead atoms. The van der Waals surface area contributed by atoms with E-state index in [1.165, 1.54) is 12.1 Å². The molecule has 0 saturated carbocycles. The van der Waals surface area contributed by atoms with Crippen molar-refractivity contribution < 1.29 is 23.2 Å². The highest BCUT2D eigenvalue weighted by Gasteiger charge is 2.30. The van der Waals surface area contributed by atoms with Crippen LogP contribution in [0.3, 0.4) is 0 Å². The SMILES string of the molecule is C[NH2+]CC[C@H](Oc1ccc(C(F)(F)F)cc1)c1ccccc1. The van der Waals surface area contributed by atoms with Crippen LogP contribution in [0.1, 0.15) is 23.7 Å². The molecular formula is C17H19F3NO+. The van der Waals surface area contributed by atoms with Crippen molar-refractivity contribution in [2.75, 3.05) is 13.6 Å². The number of halogens is 3. The molecule has 0 radical (unpaired) electrons. The molecule has 1 atom stereocenters. The third-order valence-corrected chi connectivity index (χ3v) is 3.35. The second-order valence-electron chi connectivity index (χ2n) is 5.02. The van der Waals surface area contributed by atoms with Crippen molar-refractivity contribution in [3.63, 3.8) is 0 Å². The summed E-state index contributed by atoms with van der Waals surface area (Å²) in [5.74, 6) is 0.443.